The number of carbonyl (C=O) groups excluding carboxylic acids is 1. The van der Waals surface area contributed by atoms with Crippen LogP contribution in [0.15, 0.2) is 18.2 Å². The second kappa shape index (κ2) is 6.99. The van der Waals surface area contributed by atoms with Crippen LogP contribution in [0.5, 0.6) is 0 Å². The molecule has 1 amide bonds. The van der Waals surface area contributed by atoms with Crippen LogP contribution in [0.25, 0.3) is 0 Å². The molecule has 0 saturated heterocycles. The van der Waals surface area contributed by atoms with Gasteiger partial charge in [-0.3, -0.25) is 19.1 Å². The van der Waals surface area contributed by atoms with Gasteiger partial charge in [0.1, 0.15) is 5.69 Å². The first-order valence-corrected chi connectivity index (χ1v) is 7.65. The lowest BCUT2D eigenvalue weighted by atomic mass is 10.1. The van der Waals surface area contributed by atoms with E-state index >= 15 is 0 Å². The number of hydrogen-bond donors (Lipinski definition) is 2. The summed E-state index contributed by atoms with van der Waals surface area (Å²) in [6.07, 6.45) is 1.55. The predicted molar refractivity (Wildman–Crippen MR) is 78.5 cm³/mol. The van der Waals surface area contributed by atoms with Crippen LogP contribution in [-0.4, -0.2) is 40.1 Å². The van der Waals surface area contributed by atoms with E-state index in [1.807, 2.05) is 0 Å². The van der Waals surface area contributed by atoms with E-state index in [1.165, 1.54) is 25.2 Å². The van der Waals surface area contributed by atoms with Gasteiger partial charge in [-0.15, -0.1) is 0 Å². The molecular weight excluding hydrogens is 282 g/mol. The minimum Gasteiger partial charge on any atom is -0.382 e. The standard InChI is InChI=1S/C12H17N3O4S/c1-8(7-20(3)19)14-12(16)9-5-4-6-10(15(17)18)11(9)13-2/h4-6,8,13H,7H2,1-3H3,(H,14,16). The number of anilines is 1. The summed E-state index contributed by atoms with van der Waals surface area (Å²) in [4.78, 5) is 22.5. The van der Waals surface area contributed by atoms with Crippen molar-refractivity contribution in [3.63, 3.8) is 0 Å². The molecule has 0 radical (unpaired) electrons. The Bertz CT molecular complexity index is 548. The van der Waals surface area contributed by atoms with Crippen molar-refractivity contribution >= 4 is 28.1 Å². The first-order chi connectivity index (χ1) is 9.36. The Balaban J connectivity index is 3.01. The molecule has 1 rings (SSSR count). The molecule has 20 heavy (non-hydrogen) atoms. The summed E-state index contributed by atoms with van der Waals surface area (Å²) in [5.74, 6) is -0.105. The van der Waals surface area contributed by atoms with E-state index in [2.05, 4.69) is 10.6 Å². The third-order valence-electron chi connectivity index (χ3n) is 2.60. The summed E-state index contributed by atoms with van der Waals surface area (Å²) >= 11 is 0. The largest absolute Gasteiger partial charge is 0.382 e. The maximum atomic E-state index is 12.1. The van der Waals surface area contributed by atoms with Gasteiger partial charge in [-0.1, -0.05) is 6.07 Å². The number of benzene rings is 1. The lowest BCUT2D eigenvalue weighted by Gasteiger charge is -2.14. The van der Waals surface area contributed by atoms with E-state index in [-0.39, 0.29) is 23.0 Å². The normalized spacial score (nSPS) is 13.3. The fourth-order valence-electron chi connectivity index (χ4n) is 1.84. The Morgan fingerprint density at radius 2 is 2.15 bits per heavy atom. The highest BCUT2D eigenvalue weighted by Crippen LogP contribution is 2.27. The van der Waals surface area contributed by atoms with Crippen molar-refractivity contribution in [3.05, 3.63) is 33.9 Å². The van der Waals surface area contributed by atoms with Crippen molar-refractivity contribution in [2.75, 3.05) is 24.4 Å². The molecule has 1 aromatic carbocycles. The molecule has 8 heteroatoms. The molecule has 2 N–H and O–H groups in total. The van der Waals surface area contributed by atoms with Crippen LogP contribution in [0.1, 0.15) is 17.3 Å². The number of nitro benzene ring substituents is 1. The number of rotatable bonds is 6. The van der Waals surface area contributed by atoms with Crippen LogP contribution in [0.2, 0.25) is 0 Å². The van der Waals surface area contributed by atoms with E-state index in [0.29, 0.717) is 5.75 Å². The minimum absolute atomic E-state index is 0.160. The molecule has 0 saturated carbocycles. The Labute approximate surface area is 119 Å². The SMILES string of the molecule is CNc1c(C(=O)NC(C)CS(C)=O)cccc1[N+](=O)[O-]. The lowest BCUT2D eigenvalue weighted by molar-refractivity contribution is -0.384. The Morgan fingerprint density at radius 3 is 2.65 bits per heavy atom. The molecule has 0 aromatic heterocycles. The summed E-state index contributed by atoms with van der Waals surface area (Å²) in [6.45, 7) is 1.73. The molecule has 110 valence electrons. The first kappa shape index (κ1) is 16.1. The molecule has 0 bridgehead atoms. The van der Waals surface area contributed by atoms with Gasteiger partial charge in [0.25, 0.3) is 11.6 Å². The summed E-state index contributed by atoms with van der Waals surface area (Å²) < 4.78 is 11.1. The van der Waals surface area contributed by atoms with Crippen molar-refractivity contribution in [3.8, 4) is 0 Å². The number of nitrogens with zero attached hydrogens (tertiary/aromatic N) is 1. The molecule has 0 spiro atoms. The van der Waals surface area contributed by atoms with Gasteiger partial charge < -0.3 is 10.6 Å². The smallest absolute Gasteiger partial charge is 0.293 e. The highest BCUT2D eigenvalue weighted by molar-refractivity contribution is 7.84. The molecule has 0 aliphatic carbocycles. The summed E-state index contributed by atoms with van der Waals surface area (Å²) in [5.41, 5.74) is 0.196. The van der Waals surface area contributed by atoms with Crippen LogP contribution in [0, 0.1) is 10.1 Å². The van der Waals surface area contributed by atoms with E-state index in [0.717, 1.165) is 0 Å². The van der Waals surface area contributed by atoms with Gasteiger partial charge in [0.2, 0.25) is 0 Å². The zero-order chi connectivity index (χ0) is 15.3. The van der Waals surface area contributed by atoms with Crippen molar-refractivity contribution in [1.29, 1.82) is 0 Å². The summed E-state index contributed by atoms with van der Waals surface area (Å²) in [5, 5.41) is 16.3. The van der Waals surface area contributed by atoms with Crippen molar-refractivity contribution in [2.45, 2.75) is 13.0 Å². The van der Waals surface area contributed by atoms with Crippen LogP contribution < -0.4 is 10.6 Å². The summed E-state index contributed by atoms with van der Waals surface area (Å²) in [7, 11) is 0.492. The topological polar surface area (TPSA) is 101 Å². The fraction of sp³-hybridized carbons (Fsp3) is 0.417. The predicted octanol–water partition coefficient (Wildman–Crippen LogP) is 1.13. The number of carbonyl (C=O) groups is 1. The first-order valence-electron chi connectivity index (χ1n) is 5.92. The van der Waals surface area contributed by atoms with E-state index in [9.17, 15) is 19.1 Å². The molecule has 0 aliphatic heterocycles. The average molecular weight is 299 g/mol. The highest BCUT2D eigenvalue weighted by Gasteiger charge is 2.21. The monoisotopic (exact) mass is 299 g/mol. The fourth-order valence-corrected chi connectivity index (χ4v) is 2.63. The van der Waals surface area contributed by atoms with E-state index in [4.69, 9.17) is 0 Å². The molecular formula is C12H17N3O4S. The Kier molecular flexibility index (Phi) is 5.63. The van der Waals surface area contributed by atoms with Gasteiger partial charge in [-0.2, -0.15) is 0 Å². The van der Waals surface area contributed by atoms with Crippen molar-refractivity contribution in [1.82, 2.24) is 5.32 Å². The van der Waals surface area contributed by atoms with E-state index < -0.39 is 21.6 Å². The van der Waals surface area contributed by atoms with Gasteiger partial charge in [0.05, 0.1) is 10.5 Å². The molecule has 0 heterocycles. The number of amides is 1. The third kappa shape index (κ3) is 4.02. The molecule has 2 unspecified atom stereocenters. The quantitative estimate of drug-likeness (QED) is 0.605. The highest BCUT2D eigenvalue weighted by atomic mass is 32.2. The van der Waals surface area contributed by atoms with E-state index in [1.54, 1.807) is 13.2 Å². The van der Waals surface area contributed by atoms with Crippen LogP contribution in [0.3, 0.4) is 0 Å². The van der Waals surface area contributed by atoms with Crippen molar-refractivity contribution < 1.29 is 13.9 Å². The number of hydrogen-bond acceptors (Lipinski definition) is 5. The van der Waals surface area contributed by atoms with Crippen LogP contribution >= 0.6 is 0 Å². The number of nitro groups is 1. The molecule has 7 nitrogen and oxygen atoms in total. The minimum atomic E-state index is -1.03. The number of para-hydroxylation sites is 1. The lowest BCUT2D eigenvalue weighted by Crippen LogP contribution is -2.36. The maximum absolute atomic E-state index is 12.1. The molecule has 2 atom stereocenters. The Morgan fingerprint density at radius 1 is 1.50 bits per heavy atom. The number of nitrogens with one attached hydrogen (secondary N) is 2. The van der Waals surface area contributed by atoms with Gasteiger partial charge in [-0.25, -0.2) is 0 Å². The Hall–Kier alpha value is -1.96. The second-order valence-corrected chi connectivity index (χ2v) is 5.80. The molecule has 1 aromatic rings. The summed E-state index contributed by atoms with van der Waals surface area (Å²) in [6, 6.07) is 4.00. The molecule has 0 aliphatic rings. The zero-order valence-corrected chi connectivity index (χ0v) is 12.3. The third-order valence-corrected chi connectivity index (χ3v) is 3.57. The molecule has 0 fully saturated rings. The van der Waals surface area contributed by atoms with Crippen LogP contribution in [-0.2, 0) is 10.8 Å². The van der Waals surface area contributed by atoms with Gasteiger partial charge in [0.15, 0.2) is 0 Å². The average Bonchev–Trinajstić information content (AvgIpc) is 2.36. The second-order valence-electron chi connectivity index (χ2n) is 4.32. The van der Waals surface area contributed by atoms with Crippen LogP contribution in [0.4, 0.5) is 11.4 Å². The van der Waals surface area contributed by atoms with Gasteiger partial charge >= 0.3 is 0 Å². The van der Waals surface area contributed by atoms with Gasteiger partial charge in [-0.05, 0) is 13.0 Å². The maximum Gasteiger partial charge on any atom is 0.293 e. The zero-order valence-electron chi connectivity index (χ0n) is 11.5. The van der Waals surface area contributed by atoms with Gasteiger partial charge in [0, 0.05) is 42.0 Å². The van der Waals surface area contributed by atoms with Crippen molar-refractivity contribution in [2.24, 2.45) is 0 Å².